The summed E-state index contributed by atoms with van der Waals surface area (Å²) in [6.45, 7) is 0. The number of aromatic nitrogens is 2. The molecule has 0 saturated heterocycles. The number of carbonyl (C=O) groups is 1. The van der Waals surface area contributed by atoms with Gasteiger partial charge >= 0.3 is 0 Å². The molecule has 0 radical (unpaired) electrons. The number of H-pyrrole nitrogens is 1. The lowest BCUT2D eigenvalue weighted by atomic mass is 10.2. The van der Waals surface area contributed by atoms with E-state index in [0.29, 0.717) is 27.3 Å². The summed E-state index contributed by atoms with van der Waals surface area (Å²) in [6, 6.07) is 10.6. The zero-order chi connectivity index (χ0) is 14.1. The number of aromatic amines is 1. The van der Waals surface area contributed by atoms with Crippen LogP contribution >= 0.6 is 11.6 Å². The summed E-state index contributed by atoms with van der Waals surface area (Å²) < 4.78 is 12.8. The average Bonchev–Trinajstić information content (AvgIpc) is 2.84. The van der Waals surface area contributed by atoms with Gasteiger partial charge in [-0.1, -0.05) is 17.7 Å². The van der Waals surface area contributed by atoms with Crippen LogP contribution in [0.25, 0.3) is 10.9 Å². The summed E-state index contributed by atoms with van der Waals surface area (Å²) in [5, 5.41) is 10.7. The molecular formula is C14H9ClFN3O. The Hall–Kier alpha value is -2.40. The Morgan fingerprint density at radius 2 is 1.95 bits per heavy atom. The molecule has 6 heteroatoms. The maximum atomic E-state index is 12.8. The molecular weight excluding hydrogens is 281 g/mol. The van der Waals surface area contributed by atoms with E-state index >= 15 is 0 Å². The number of nitrogens with one attached hydrogen (secondary N) is 2. The van der Waals surface area contributed by atoms with Crippen molar-refractivity contribution in [1.29, 1.82) is 0 Å². The van der Waals surface area contributed by atoms with E-state index in [9.17, 15) is 9.18 Å². The van der Waals surface area contributed by atoms with Crippen molar-refractivity contribution >= 4 is 34.2 Å². The first-order chi connectivity index (χ1) is 9.65. The first kappa shape index (κ1) is 12.6. The predicted molar refractivity (Wildman–Crippen MR) is 75.5 cm³/mol. The van der Waals surface area contributed by atoms with Crippen LogP contribution in [0.15, 0.2) is 42.5 Å². The monoisotopic (exact) mass is 289 g/mol. The number of hydrogen-bond acceptors (Lipinski definition) is 2. The predicted octanol–water partition coefficient (Wildman–Crippen LogP) is 3.61. The summed E-state index contributed by atoms with van der Waals surface area (Å²) in [4.78, 5) is 12.0. The maximum Gasteiger partial charge on any atom is 0.256 e. The minimum absolute atomic E-state index is 0.351. The van der Waals surface area contributed by atoms with Gasteiger partial charge in [-0.05, 0) is 36.4 Å². The van der Waals surface area contributed by atoms with Crippen molar-refractivity contribution in [3.05, 3.63) is 58.9 Å². The maximum absolute atomic E-state index is 12.8. The molecule has 0 atom stereocenters. The van der Waals surface area contributed by atoms with Crippen LogP contribution in [0.3, 0.4) is 0 Å². The van der Waals surface area contributed by atoms with E-state index in [0.717, 1.165) is 0 Å². The van der Waals surface area contributed by atoms with Crippen LogP contribution in [-0.4, -0.2) is 16.1 Å². The van der Waals surface area contributed by atoms with E-state index in [1.54, 1.807) is 18.2 Å². The molecule has 20 heavy (non-hydrogen) atoms. The summed E-state index contributed by atoms with van der Waals surface area (Å²) in [6.07, 6.45) is 0. The van der Waals surface area contributed by atoms with Crippen LogP contribution in [-0.2, 0) is 0 Å². The Morgan fingerprint density at radius 3 is 2.70 bits per heavy atom. The summed E-state index contributed by atoms with van der Waals surface area (Å²) in [5.74, 6) is -0.367. The smallest absolute Gasteiger partial charge is 0.256 e. The molecule has 1 heterocycles. The molecule has 1 aromatic heterocycles. The van der Waals surface area contributed by atoms with Gasteiger partial charge in [0.05, 0.1) is 10.5 Å². The van der Waals surface area contributed by atoms with Crippen LogP contribution in [0.4, 0.5) is 10.2 Å². The molecule has 3 aromatic rings. The van der Waals surface area contributed by atoms with E-state index in [4.69, 9.17) is 11.6 Å². The van der Waals surface area contributed by atoms with Crippen molar-refractivity contribution in [2.24, 2.45) is 0 Å². The Kier molecular flexibility index (Phi) is 3.12. The van der Waals surface area contributed by atoms with E-state index < -0.39 is 5.82 Å². The number of fused-ring (bicyclic) bond motifs is 1. The molecule has 0 bridgehead atoms. The number of nitrogens with zero attached hydrogens (tertiary/aromatic N) is 1. The van der Waals surface area contributed by atoms with E-state index in [2.05, 4.69) is 15.5 Å². The number of para-hydroxylation sites is 1. The lowest BCUT2D eigenvalue weighted by Crippen LogP contribution is -2.12. The summed E-state index contributed by atoms with van der Waals surface area (Å²) >= 11 is 6.02. The van der Waals surface area contributed by atoms with Gasteiger partial charge in [0.15, 0.2) is 5.82 Å². The second-order valence-corrected chi connectivity index (χ2v) is 4.60. The number of hydrogen-bond donors (Lipinski definition) is 2. The molecule has 100 valence electrons. The third kappa shape index (κ3) is 2.23. The first-order valence-electron chi connectivity index (χ1n) is 5.84. The molecule has 4 nitrogen and oxygen atoms in total. The van der Waals surface area contributed by atoms with E-state index in [1.165, 1.54) is 24.3 Å². The second kappa shape index (κ2) is 4.94. The first-order valence-corrected chi connectivity index (χ1v) is 6.22. The van der Waals surface area contributed by atoms with E-state index in [-0.39, 0.29) is 5.91 Å². The molecule has 0 fully saturated rings. The fraction of sp³-hybridized carbons (Fsp3) is 0. The van der Waals surface area contributed by atoms with Crippen LogP contribution in [0, 0.1) is 5.82 Å². The largest absolute Gasteiger partial charge is 0.305 e. The van der Waals surface area contributed by atoms with Gasteiger partial charge in [-0.25, -0.2) is 4.39 Å². The molecule has 0 saturated carbocycles. The molecule has 2 N–H and O–H groups in total. The third-order valence-corrected chi connectivity index (χ3v) is 3.20. The molecule has 1 amide bonds. The highest BCUT2D eigenvalue weighted by Crippen LogP contribution is 2.26. The fourth-order valence-corrected chi connectivity index (χ4v) is 2.10. The number of amides is 1. The highest BCUT2D eigenvalue weighted by molar-refractivity contribution is 6.35. The molecule has 2 aromatic carbocycles. The van der Waals surface area contributed by atoms with Gasteiger partial charge in [0.2, 0.25) is 0 Å². The topological polar surface area (TPSA) is 57.8 Å². The van der Waals surface area contributed by atoms with Gasteiger partial charge in [-0.2, -0.15) is 5.10 Å². The Bertz CT molecular complexity index is 783. The number of carbonyl (C=O) groups excluding carboxylic acids is 1. The molecule has 0 aliphatic heterocycles. The second-order valence-electron chi connectivity index (χ2n) is 4.20. The standard InChI is InChI=1S/C14H9ClFN3O/c15-11-3-1-2-10-12(11)18-19-13(10)17-14(20)8-4-6-9(16)7-5-8/h1-7H,(H2,17,18,19,20). The molecule has 0 aliphatic carbocycles. The van der Waals surface area contributed by atoms with E-state index in [1.807, 2.05) is 0 Å². The average molecular weight is 290 g/mol. The number of rotatable bonds is 2. The molecule has 0 aliphatic rings. The van der Waals surface area contributed by atoms with Gasteiger partial charge in [0, 0.05) is 10.9 Å². The highest BCUT2D eigenvalue weighted by Gasteiger charge is 2.12. The van der Waals surface area contributed by atoms with Gasteiger partial charge < -0.3 is 5.32 Å². The molecule has 3 rings (SSSR count). The Morgan fingerprint density at radius 1 is 1.20 bits per heavy atom. The molecule has 0 unspecified atom stereocenters. The Labute approximate surface area is 118 Å². The lowest BCUT2D eigenvalue weighted by Gasteiger charge is -2.02. The van der Waals surface area contributed by atoms with Crippen molar-refractivity contribution in [2.45, 2.75) is 0 Å². The zero-order valence-corrected chi connectivity index (χ0v) is 10.9. The number of halogens is 2. The minimum atomic E-state index is -0.390. The quantitative estimate of drug-likeness (QED) is 0.757. The fourth-order valence-electron chi connectivity index (χ4n) is 1.88. The third-order valence-electron chi connectivity index (χ3n) is 2.89. The minimum Gasteiger partial charge on any atom is -0.305 e. The zero-order valence-electron chi connectivity index (χ0n) is 10.2. The van der Waals surface area contributed by atoms with Crippen LogP contribution in [0.1, 0.15) is 10.4 Å². The number of anilines is 1. The van der Waals surface area contributed by atoms with Gasteiger partial charge in [-0.15, -0.1) is 0 Å². The van der Waals surface area contributed by atoms with Gasteiger partial charge in [-0.3, -0.25) is 9.89 Å². The lowest BCUT2D eigenvalue weighted by molar-refractivity contribution is 0.102. The number of benzene rings is 2. The molecule has 0 spiro atoms. The van der Waals surface area contributed by atoms with Crippen molar-refractivity contribution in [1.82, 2.24) is 10.2 Å². The van der Waals surface area contributed by atoms with Gasteiger partial charge in [0.25, 0.3) is 5.91 Å². The summed E-state index contributed by atoms with van der Waals surface area (Å²) in [7, 11) is 0. The van der Waals surface area contributed by atoms with Crippen molar-refractivity contribution < 1.29 is 9.18 Å². The van der Waals surface area contributed by atoms with Crippen LogP contribution < -0.4 is 5.32 Å². The highest BCUT2D eigenvalue weighted by atomic mass is 35.5. The van der Waals surface area contributed by atoms with Crippen LogP contribution in [0.2, 0.25) is 5.02 Å². The van der Waals surface area contributed by atoms with Gasteiger partial charge in [0.1, 0.15) is 5.82 Å². The normalized spacial score (nSPS) is 10.7. The van der Waals surface area contributed by atoms with Crippen molar-refractivity contribution in [2.75, 3.05) is 5.32 Å². The SMILES string of the molecule is O=C(Nc1n[nH]c2c(Cl)cccc12)c1ccc(F)cc1. The van der Waals surface area contributed by atoms with Crippen molar-refractivity contribution in [3.8, 4) is 0 Å². The van der Waals surface area contributed by atoms with Crippen molar-refractivity contribution in [3.63, 3.8) is 0 Å². The van der Waals surface area contributed by atoms with Crippen LogP contribution in [0.5, 0.6) is 0 Å². The Balaban J connectivity index is 1.91. The summed E-state index contributed by atoms with van der Waals surface area (Å²) in [5.41, 5.74) is 1.01.